The zero-order chi connectivity index (χ0) is 13.7. The first kappa shape index (κ1) is 14.8. The molecule has 5 heteroatoms. The van der Waals surface area contributed by atoms with Crippen molar-refractivity contribution in [3.63, 3.8) is 0 Å². The smallest absolute Gasteiger partial charge is 0.170 e. The van der Waals surface area contributed by atoms with Gasteiger partial charge in [0.05, 0.1) is 5.69 Å². The van der Waals surface area contributed by atoms with Crippen LogP contribution >= 0.6 is 15.9 Å². The van der Waals surface area contributed by atoms with Crippen molar-refractivity contribution in [2.45, 2.75) is 33.2 Å². The molecule has 0 fully saturated rings. The molecular formula is C13H20BrN3O. The van der Waals surface area contributed by atoms with E-state index in [2.05, 4.69) is 46.8 Å². The molecule has 1 aromatic carbocycles. The second kappa shape index (κ2) is 6.64. The molecular weight excluding hydrogens is 294 g/mol. The normalized spacial score (nSPS) is 13.4. The highest BCUT2D eigenvalue weighted by Crippen LogP contribution is 2.29. The van der Waals surface area contributed by atoms with Crippen molar-refractivity contribution in [3.05, 3.63) is 28.2 Å². The van der Waals surface area contributed by atoms with Crippen LogP contribution in [0, 0.1) is 0 Å². The van der Waals surface area contributed by atoms with E-state index in [0.717, 1.165) is 23.1 Å². The highest BCUT2D eigenvalue weighted by Gasteiger charge is 2.14. The molecule has 4 nitrogen and oxygen atoms in total. The average molecular weight is 314 g/mol. The van der Waals surface area contributed by atoms with Gasteiger partial charge in [-0.2, -0.15) is 0 Å². The van der Waals surface area contributed by atoms with Crippen molar-refractivity contribution in [1.29, 1.82) is 0 Å². The van der Waals surface area contributed by atoms with Crippen molar-refractivity contribution in [1.82, 2.24) is 0 Å². The third kappa shape index (κ3) is 3.16. The lowest BCUT2D eigenvalue weighted by Gasteiger charge is -2.30. The van der Waals surface area contributed by atoms with Crippen molar-refractivity contribution in [2.24, 2.45) is 10.9 Å². The standard InChI is InChI=1S/C13H20BrN3O/c1-4-9(3)17(5-2)12-7-6-10(8-11(12)14)13(15)16-18/h6-9,18H,4-5H2,1-3H3,(H2,15,16). The molecule has 0 amide bonds. The van der Waals surface area contributed by atoms with Crippen molar-refractivity contribution >= 4 is 27.5 Å². The monoisotopic (exact) mass is 313 g/mol. The van der Waals surface area contributed by atoms with Gasteiger partial charge in [0.2, 0.25) is 0 Å². The number of anilines is 1. The van der Waals surface area contributed by atoms with Crippen molar-refractivity contribution in [2.75, 3.05) is 11.4 Å². The molecule has 0 saturated carbocycles. The quantitative estimate of drug-likeness (QED) is 0.380. The fraction of sp³-hybridized carbons (Fsp3) is 0.462. The molecule has 0 aliphatic heterocycles. The van der Waals surface area contributed by atoms with Gasteiger partial charge in [-0.15, -0.1) is 0 Å². The van der Waals surface area contributed by atoms with Gasteiger partial charge in [0, 0.05) is 22.6 Å². The summed E-state index contributed by atoms with van der Waals surface area (Å²) in [6.45, 7) is 7.45. The molecule has 0 aromatic heterocycles. The van der Waals surface area contributed by atoms with Crippen LogP contribution in [0.3, 0.4) is 0 Å². The second-order valence-corrected chi connectivity index (χ2v) is 5.05. The highest BCUT2D eigenvalue weighted by molar-refractivity contribution is 9.10. The topological polar surface area (TPSA) is 61.8 Å². The van der Waals surface area contributed by atoms with E-state index in [1.807, 2.05) is 18.2 Å². The molecule has 1 aromatic rings. The minimum Gasteiger partial charge on any atom is -0.409 e. The van der Waals surface area contributed by atoms with Gasteiger partial charge in [-0.25, -0.2) is 0 Å². The molecule has 0 saturated heterocycles. The Morgan fingerprint density at radius 1 is 1.50 bits per heavy atom. The maximum Gasteiger partial charge on any atom is 0.170 e. The van der Waals surface area contributed by atoms with E-state index in [1.165, 1.54) is 0 Å². The zero-order valence-electron chi connectivity index (χ0n) is 11.0. The second-order valence-electron chi connectivity index (χ2n) is 4.19. The predicted octanol–water partition coefficient (Wildman–Crippen LogP) is 3.17. The zero-order valence-corrected chi connectivity index (χ0v) is 12.6. The molecule has 0 heterocycles. The lowest BCUT2D eigenvalue weighted by atomic mass is 10.1. The van der Waals surface area contributed by atoms with E-state index >= 15 is 0 Å². The van der Waals surface area contributed by atoms with Crippen molar-refractivity contribution in [3.8, 4) is 0 Å². The van der Waals surface area contributed by atoms with Gasteiger partial charge in [0.25, 0.3) is 0 Å². The summed E-state index contributed by atoms with van der Waals surface area (Å²) in [5.74, 6) is 0.119. The molecule has 1 atom stereocenters. The van der Waals surface area contributed by atoms with E-state index in [0.29, 0.717) is 11.6 Å². The Balaban J connectivity index is 3.11. The van der Waals surface area contributed by atoms with Crippen LogP contribution in [0.15, 0.2) is 27.8 Å². The third-order valence-corrected chi connectivity index (χ3v) is 3.76. The number of amidine groups is 1. The molecule has 1 unspecified atom stereocenters. The number of rotatable bonds is 5. The Labute approximate surface area is 117 Å². The molecule has 0 aliphatic carbocycles. The van der Waals surface area contributed by atoms with Crippen LogP contribution in [0.5, 0.6) is 0 Å². The van der Waals surface area contributed by atoms with Crippen LogP contribution in [0.1, 0.15) is 32.8 Å². The molecule has 0 aliphatic rings. The number of benzene rings is 1. The van der Waals surface area contributed by atoms with Gasteiger partial charge in [0.1, 0.15) is 0 Å². The largest absolute Gasteiger partial charge is 0.409 e. The van der Waals surface area contributed by atoms with Crippen LogP contribution in [0.2, 0.25) is 0 Å². The van der Waals surface area contributed by atoms with Gasteiger partial charge in [-0.1, -0.05) is 12.1 Å². The van der Waals surface area contributed by atoms with Gasteiger partial charge < -0.3 is 15.8 Å². The minimum atomic E-state index is 0.119. The summed E-state index contributed by atoms with van der Waals surface area (Å²) >= 11 is 3.55. The van der Waals surface area contributed by atoms with Crippen LogP contribution in [-0.2, 0) is 0 Å². The fourth-order valence-electron chi connectivity index (χ4n) is 1.90. The first-order valence-corrected chi connectivity index (χ1v) is 6.88. The van der Waals surface area contributed by atoms with Crippen LogP contribution in [0.25, 0.3) is 0 Å². The van der Waals surface area contributed by atoms with Gasteiger partial charge in [-0.05, 0) is 54.4 Å². The maximum atomic E-state index is 8.67. The number of hydrogen-bond acceptors (Lipinski definition) is 3. The number of nitrogens with zero attached hydrogens (tertiary/aromatic N) is 2. The average Bonchev–Trinajstić information content (AvgIpc) is 2.39. The summed E-state index contributed by atoms with van der Waals surface area (Å²) in [7, 11) is 0. The molecule has 0 radical (unpaired) electrons. The molecule has 100 valence electrons. The van der Waals surface area contributed by atoms with Crippen LogP contribution < -0.4 is 10.6 Å². The maximum absolute atomic E-state index is 8.67. The number of oxime groups is 1. The first-order chi connectivity index (χ1) is 8.54. The molecule has 18 heavy (non-hydrogen) atoms. The van der Waals surface area contributed by atoms with E-state index < -0.39 is 0 Å². The lowest BCUT2D eigenvalue weighted by Crippen LogP contribution is -2.32. The summed E-state index contributed by atoms with van der Waals surface area (Å²) in [6, 6.07) is 6.20. The number of halogens is 1. The van der Waals surface area contributed by atoms with E-state index in [9.17, 15) is 0 Å². The third-order valence-electron chi connectivity index (χ3n) is 3.12. The highest BCUT2D eigenvalue weighted by atomic mass is 79.9. The number of nitrogens with two attached hydrogens (primary N) is 1. The lowest BCUT2D eigenvalue weighted by molar-refractivity contribution is 0.318. The Kier molecular flexibility index (Phi) is 5.47. The molecule has 0 spiro atoms. The van der Waals surface area contributed by atoms with Gasteiger partial charge in [0.15, 0.2) is 5.84 Å². The molecule has 3 N–H and O–H groups in total. The Bertz CT molecular complexity index is 434. The summed E-state index contributed by atoms with van der Waals surface area (Å²) < 4.78 is 0.953. The summed E-state index contributed by atoms with van der Waals surface area (Å²) in [6.07, 6.45) is 1.09. The minimum absolute atomic E-state index is 0.119. The predicted molar refractivity (Wildman–Crippen MR) is 79.4 cm³/mol. The Morgan fingerprint density at radius 3 is 2.61 bits per heavy atom. The number of hydrogen-bond donors (Lipinski definition) is 2. The van der Waals surface area contributed by atoms with E-state index in [4.69, 9.17) is 10.9 Å². The van der Waals surface area contributed by atoms with Crippen LogP contribution in [-0.4, -0.2) is 23.6 Å². The SMILES string of the molecule is CCC(C)N(CC)c1ccc(/C(N)=N/O)cc1Br. The van der Waals surface area contributed by atoms with E-state index in [1.54, 1.807) is 0 Å². The van der Waals surface area contributed by atoms with Gasteiger partial charge >= 0.3 is 0 Å². The van der Waals surface area contributed by atoms with Crippen LogP contribution in [0.4, 0.5) is 5.69 Å². The Morgan fingerprint density at radius 2 is 2.17 bits per heavy atom. The van der Waals surface area contributed by atoms with E-state index in [-0.39, 0.29) is 5.84 Å². The summed E-state index contributed by atoms with van der Waals surface area (Å²) in [4.78, 5) is 2.32. The fourth-order valence-corrected chi connectivity index (χ4v) is 2.50. The molecule has 0 bridgehead atoms. The van der Waals surface area contributed by atoms with Crippen molar-refractivity contribution < 1.29 is 5.21 Å². The first-order valence-electron chi connectivity index (χ1n) is 6.09. The summed E-state index contributed by atoms with van der Waals surface area (Å²) in [5.41, 5.74) is 7.40. The Hall–Kier alpha value is -1.23. The summed E-state index contributed by atoms with van der Waals surface area (Å²) in [5, 5.41) is 11.7. The molecule has 1 rings (SSSR count). The van der Waals surface area contributed by atoms with Gasteiger partial charge in [-0.3, -0.25) is 0 Å².